The van der Waals surface area contributed by atoms with Gasteiger partial charge in [-0.1, -0.05) is 13.8 Å². The molecule has 7 heteroatoms. The lowest BCUT2D eigenvalue weighted by atomic mass is 10.1. The van der Waals surface area contributed by atoms with Gasteiger partial charge in [0.1, 0.15) is 5.56 Å². The average Bonchev–Trinajstić information content (AvgIpc) is 3.02. The Bertz CT molecular complexity index is 913. The molecular weight excluding hydrogens is 386 g/mol. The first-order valence-electron chi connectivity index (χ1n) is 9.91. The molecule has 0 fully saturated rings. The number of Topliss-reactive ketones (excluding diaryl/α,β-unsaturated/α-hetero) is 1. The number of carbonyl (C=O) groups is 2. The van der Waals surface area contributed by atoms with Crippen molar-refractivity contribution in [1.29, 1.82) is 0 Å². The molecule has 0 saturated heterocycles. The highest BCUT2D eigenvalue weighted by Crippen LogP contribution is 2.40. The fraction of sp³-hybridized carbons (Fsp3) is 0.478. The van der Waals surface area contributed by atoms with Crippen molar-refractivity contribution in [2.24, 2.45) is 5.92 Å². The van der Waals surface area contributed by atoms with E-state index in [1.165, 1.54) is 27.4 Å². The molecule has 0 bridgehead atoms. The molecule has 164 valence electrons. The van der Waals surface area contributed by atoms with Crippen LogP contribution in [0.15, 0.2) is 18.2 Å². The molecule has 30 heavy (non-hydrogen) atoms. The predicted molar refractivity (Wildman–Crippen MR) is 114 cm³/mol. The summed E-state index contributed by atoms with van der Waals surface area (Å²) in [6.45, 7) is 8.73. The highest BCUT2D eigenvalue weighted by Gasteiger charge is 2.23. The van der Waals surface area contributed by atoms with Gasteiger partial charge < -0.3 is 23.5 Å². The van der Waals surface area contributed by atoms with Crippen LogP contribution in [0.3, 0.4) is 0 Å². The van der Waals surface area contributed by atoms with Gasteiger partial charge in [-0.05, 0) is 44.4 Å². The van der Waals surface area contributed by atoms with E-state index >= 15 is 0 Å². The second-order valence-electron chi connectivity index (χ2n) is 7.50. The maximum absolute atomic E-state index is 12.7. The standard InChI is InChI=1S/C23H31NO6/c1-14(2)10-11-24-15(3)12-18(16(24)4)19(25)13-30-23(26)17-8-9-20(27-5)22(29-7)21(17)28-6/h8-9,12,14H,10-11,13H2,1-7H3. The van der Waals surface area contributed by atoms with Gasteiger partial charge in [-0.2, -0.15) is 0 Å². The maximum Gasteiger partial charge on any atom is 0.342 e. The van der Waals surface area contributed by atoms with Crippen molar-refractivity contribution in [3.63, 3.8) is 0 Å². The molecule has 0 radical (unpaired) electrons. The van der Waals surface area contributed by atoms with Crippen LogP contribution in [0.1, 0.15) is 52.4 Å². The molecule has 0 aliphatic rings. The number of nitrogens with zero attached hydrogens (tertiary/aromatic N) is 1. The lowest BCUT2D eigenvalue weighted by molar-refractivity contribution is 0.0470. The van der Waals surface area contributed by atoms with Crippen molar-refractivity contribution < 1.29 is 28.5 Å². The van der Waals surface area contributed by atoms with E-state index < -0.39 is 5.97 Å². The van der Waals surface area contributed by atoms with Crippen LogP contribution in [0.25, 0.3) is 0 Å². The Morgan fingerprint density at radius 2 is 1.63 bits per heavy atom. The number of ketones is 1. The van der Waals surface area contributed by atoms with E-state index in [9.17, 15) is 9.59 Å². The molecule has 0 amide bonds. The zero-order valence-electron chi connectivity index (χ0n) is 18.8. The Hall–Kier alpha value is -2.96. The fourth-order valence-corrected chi connectivity index (χ4v) is 3.36. The summed E-state index contributed by atoms with van der Waals surface area (Å²) >= 11 is 0. The minimum absolute atomic E-state index is 0.158. The first kappa shape index (κ1) is 23.3. The lowest BCUT2D eigenvalue weighted by Gasteiger charge is -2.15. The largest absolute Gasteiger partial charge is 0.493 e. The molecule has 0 aliphatic heterocycles. The number of ether oxygens (including phenoxy) is 4. The van der Waals surface area contributed by atoms with Gasteiger partial charge in [0.2, 0.25) is 11.5 Å². The minimum Gasteiger partial charge on any atom is -0.493 e. The Morgan fingerprint density at radius 3 is 2.20 bits per heavy atom. The zero-order chi connectivity index (χ0) is 22.4. The van der Waals surface area contributed by atoms with Crippen LogP contribution in [-0.2, 0) is 11.3 Å². The zero-order valence-corrected chi connectivity index (χ0v) is 18.8. The van der Waals surface area contributed by atoms with E-state index in [2.05, 4.69) is 18.4 Å². The number of hydrogen-bond acceptors (Lipinski definition) is 6. The Kier molecular flexibility index (Phi) is 7.92. The molecule has 0 unspecified atom stereocenters. The predicted octanol–water partition coefficient (Wildman–Crippen LogP) is 4.22. The number of esters is 1. The van der Waals surface area contributed by atoms with Crippen LogP contribution >= 0.6 is 0 Å². The van der Waals surface area contributed by atoms with Crippen molar-refractivity contribution in [3.05, 3.63) is 40.7 Å². The molecule has 1 aromatic heterocycles. The number of aryl methyl sites for hydroxylation is 1. The Balaban J connectivity index is 2.16. The van der Waals surface area contributed by atoms with Gasteiger partial charge in [0.05, 0.1) is 21.3 Å². The topological polar surface area (TPSA) is 76.0 Å². The Morgan fingerprint density at radius 1 is 0.967 bits per heavy atom. The third kappa shape index (κ3) is 4.96. The summed E-state index contributed by atoms with van der Waals surface area (Å²) in [5, 5.41) is 0. The SMILES string of the molecule is COc1ccc(C(=O)OCC(=O)c2cc(C)n(CCC(C)C)c2C)c(OC)c1OC. The van der Waals surface area contributed by atoms with E-state index in [0.29, 0.717) is 17.2 Å². The third-order valence-electron chi connectivity index (χ3n) is 5.06. The summed E-state index contributed by atoms with van der Waals surface area (Å²) < 4.78 is 23.2. The summed E-state index contributed by atoms with van der Waals surface area (Å²) in [5.41, 5.74) is 2.64. The summed E-state index contributed by atoms with van der Waals surface area (Å²) in [4.78, 5) is 25.3. The molecule has 1 aromatic carbocycles. The molecule has 2 rings (SSSR count). The summed E-state index contributed by atoms with van der Waals surface area (Å²) in [6, 6.07) is 4.95. The molecule has 0 N–H and O–H groups in total. The van der Waals surface area contributed by atoms with Crippen LogP contribution in [0, 0.1) is 19.8 Å². The van der Waals surface area contributed by atoms with Gasteiger partial charge in [-0.15, -0.1) is 0 Å². The number of hydrogen-bond donors (Lipinski definition) is 0. The average molecular weight is 418 g/mol. The van der Waals surface area contributed by atoms with E-state index in [1.54, 1.807) is 6.07 Å². The van der Waals surface area contributed by atoms with Gasteiger partial charge in [0.25, 0.3) is 0 Å². The monoisotopic (exact) mass is 417 g/mol. The van der Waals surface area contributed by atoms with Crippen LogP contribution in [0.5, 0.6) is 17.2 Å². The number of rotatable bonds is 10. The van der Waals surface area contributed by atoms with E-state index in [1.807, 2.05) is 19.9 Å². The summed E-state index contributed by atoms with van der Waals surface area (Å²) in [6.07, 6.45) is 1.03. The van der Waals surface area contributed by atoms with Crippen LogP contribution < -0.4 is 14.2 Å². The van der Waals surface area contributed by atoms with E-state index in [4.69, 9.17) is 18.9 Å². The third-order valence-corrected chi connectivity index (χ3v) is 5.06. The van der Waals surface area contributed by atoms with Crippen molar-refractivity contribution in [1.82, 2.24) is 4.57 Å². The molecule has 0 saturated carbocycles. The van der Waals surface area contributed by atoms with Crippen molar-refractivity contribution in [2.45, 2.75) is 40.7 Å². The molecule has 1 heterocycles. The molecule has 0 atom stereocenters. The number of methoxy groups -OCH3 is 3. The molecular formula is C23H31NO6. The number of benzene rings is 1. The van der Waals surface area contributed by atoms with Crippen LogP contribution in [0.2, 0.25) is 0 Å². The molecule has 2 aromatic rings. The highest BCUT2D eigenvalue weighted by molar-refractivity contribution is 6.01. The quantitative estimate of drug-likeness (QED) is 0.426. The van der Waals surface area contributed by atoms with Crippen LogP contribution in [0.4, 0.5) is 0 Å². The van der Waals surface area contributed by atoms with E-state index in [0.717, 1.165) is 24.4 Å². The van der Waals surface area contributed by atoms with Crippen molar-refractivity contribution in [3.8, 4) is 17.2 Å². The maximum atomic E-state index is 12.7. The highest BCUT2D eigenvalue weighted by atomic mass is 16.5. The first-order chi connectivity index (χ1) is 14.2. The minimum atomic E-state index is -0.672. The normalized spacial score (nSPS) is 10.8. The fourth-order valence-electron chi connectivity index (χ4n) is 3.36. The summed E-state index contributed by atoms with van der Waals surface area (Å²) in [7, 11) is 4.37. The second kappa shape index (κ2) is 10.2. The lowest BCUT2D eigenvalue weighted by Crippen LogP contribution is -2.16. The van der Waals surface area contributed by atoms with E-state index in [-0.39, 0.29) is 29.5 Å². The molecule has 0 spiro atoms. The van der Waals surface area contributed by atoms with Crippen LogP contribution in [-0.4, -0.2) is 44.3 Å². The molecule has 7 nitrogen and oxygen atoms in total. The smallest absolute Gasteiger partial charge is 0.342 e. The second-order valence-corrected chi connectivity index (χ2v) is 7.50. The van der Waals surface area contributed by atoms with Gasteiger partial charge in [0, 0.05) is 23.5 Å². The summed E-state index contributed by atoms with van der Waals surface area (Å²) in [5.74, 6) is 0.565. The van der Waals surface area contributed by atoms with Gasteiger partial charge in [0.15, 0.2) is 18.1 Å². The van der Waals surface area contributed by atoms with Gasteiger partial charge >= 0.3 is 5.97 Å². The Labute approximate surface area is 177 Å². The van der Waals surface area contributed by atoms with Gasteiger partial charge in [-0.25, -0.2) is 4.79 Å². The van der Waals surface area contributed by atoms with Gasteiger partial charge in [-0.3, -0.25) is 4.79 Å². The number of carbonyl (C=O) groups excluding carboxylic acids is 2. The number of aromatic nitrogens is 1. The first-order valence-corrected chi connectivity index (χ1v) is 9.91. The van der Waals surface area contributed by atoms with Crippen molar-refractivity contribution in [2.75, 3.05) is 27.9 Å². The molecule has 0 aliphatic carbocycles. The van der Waals surface area contributed by atoms with Crippen molar-refractivity contribution >= 4 is 11.8 Å².